The minimum Gasteiger partial charge on any atom is -0.330 e. The van der Waals surface area contributed by atoms with E-state index >= 15 is 0 Å². The molecule has 17 heavy (non-hydrogen) atoms. The average Bonchev–Trinajstić information content (AvgIpc) is 2.50. The quantitative estimate of drug-likeness (QED) is 0.720. The third-order valence-corrected chi connectivity index (χ3v) is 3.94. The molecule has 1 aliphatic rings. The van der Waals surface area contributed by atoms with E-state index < -0.39 is 0 Å². The Hall–Kier alpha value is -0.120. The van der Waals surface area contributed by atoms with E-state index in [-0.39, 0.29) is 0 Å². The minimum atomic E-state index is 0.332. The normalized spacial score (nSPS) is 20.5. The highest BCUT2D eigenvalue weighted by molar-refractivity contribution is 4.71. The largest absolute Gasteiger partial charge is 0.330 e. The number of likely N-dealkylation sites (N-methyl/N-ethyl adjacent to an activating group) is 1. The van der Waals surface area contributed by atoms with Crippen molar-refractivity contribution in [3.63, 3.8) is 0 Å². The molecule has 3 heteroatoms. The molecule has 0 aliphatic carbocycles. The van der Waals surface area contributed by atoms with Crippen LogP contribution in [0.5, 0.6) is 0 Å². The topological polar surface area (TPSA) is 32.5 Å². The van der Waals surface area contributed by atoms with Crippen molar-refractivity contribution in [2.24, 2.45) is 11.1 Å². The van der Waals surface area contributed by atoms with Gasteiger partial charge in [-0.2, -0.15) is 0 Å². The summed E-state index contributed by atoms with van der Waals surface area (Å²) in [6.45, 7) is 11.6. The van der Waals surface area contributed by atoms with Gasteiger partial charge < -0.3 is 15.5 Å². The maximum Gasteiger partial charge on any atom is 0.0109 e. The van der Waals surface area contributed by atoms with Gasteiger partial charge in [0.15, 0.2) is 0 Å². The molecule has 3 nitrogen and oxygen atoms in total. The van der Waals surface area contributed by atoms with Crippen molar-refractivity contribution >= 4 is 0 Å². The molecule has 0 atom stereocenters. The highest BCUT2D eigenvalue weighted by atomic mass is 15.2. The van der Waals surface area contributed by atoms with Crippen molar-refractivity contribution in [3.05, 3.63) is 0 Å². The second-order valence-electron chi connectivity index (χ2n) is 6.32. The fraction of sp³-hybridized carbons (Fsp3) is 1.00. The van der Waals surface area contributed by atoms with Crippen molar-refractivity contribution < 1.29 is 0 Å². The van der Waals surface area contributed by atoms with Crippen LogP contribution in [0, 0.1) is 5.41 Å². The van der Waals surface area contributed by atoms with E-state index in [4.69, 9.17) is 5.73 Å². The molecule has 102 valence electrons. The lowest BCUT2D eigenvalue weighted by Crippen LogP contribution is -2.30. The van der Waals surface area contributed by atoms with Crippen LogP contribution in [-0.2, 0) is 0 Å². The van der Waals surface area contributed by atoms with Gasteiger partial charge in [0.05, 0.1) is 0 Å². The van der Waals surface area contributed by atoms with Gasteiger partial charge in [-0.25, -0.2) is 0 Å². The van der Waals surface area contributed by atoms with Gasteiger partial charge in [0, 0.05) is 13.1 Å². The van der Waals surface area contributed by atoms with Crippen LogP contribution in [0.3, 0.4) is 0 Å². The van der Waals surface area contributed by atoms with E-state index in [9.17, 15) is 0 Å². The molecule has 0 aromatic carbocycles. The molecule has 0 unspecified atom stereocenters. The van der Waals surface area contributed by atoms with Crippen LogP contribution in [0.1, 0.15) is 39.5 Å². The first-order valence-corrected chi connectivity index (χ1v) is 7.14. The third kappa shape index (κ3) is 6.39. The zero-order chi connectivity index (χ0) is 12.7. The molecular weight excluding hydrogens is 210 g/mol. The number of unbranched alkanes of at least 4 members (excludes halogenated alkanes) is 1. The second kappa shape index (κ2) is 7.34. The highest BCUT2D eigenvalue weighted by Gasteiger charge is 2.15. The van der Waals surface area contributed by atoms with Crippen LogP contribution in [-0.4, -0.2) is 56.1 Å². The van der Waals surface area contributed by atoms with Crippen LogP contribution in [0.25, 0.3) is 0 Å². The Kier molecular flexibility index (Phi) is 6.45. The van der Waals surface area contributed by atoms with Crippen LogP contribution < -0.4 is 5.73 Å². The first kappa shape index (κ1) is 14.9. The van der Waals surface area contributed by atoms with E-state index in [1.807, 2.05) is 0 Å². The second-order valence-corrected chi connectivity index (χ2v) is 6.32. The van der Waals surface area contributed by atoms with Crippen LogP contribution in [0.4, 0.5) is 0 Å². The molecule has 0 bridgehead atoms. The van der Waals surface area contributed by atoms with E-state index in [1.165, 1.54) is 58.4 Å². The third-order valence-electron chi connectivity index (χ3n) is 3.94. The van der Waals surface area contributed by atoms with E-state index in [2.05, 4.69) is 30.7 Å². The Bertz CT molecular complexity index is 204. The van der Waals surface area contributed by atoms with E-state index in [0.29, 0.717) is 5.41 Å². The Labute approximate surface area is 107 Å². The van der Waals surface area contributed by atoms with Gasteiger partial charge in [-0.1, -0.05) is 20.3 Å². The SMILES string of the molecule is CN1CCCN(CCCCC(C)(C)CN)CC1. The molecule has 1 rings (SSSR count). The number of hydrogen-bond acceptors (Lipinski definition) is 3. The molecule has 0 amide bonds. The first-order chi connectivity index (χ1) is 8.03. The molecule has 0 spiro atoms. The monoisotopic (exact) mass is 241 g/mol. The van der Waals surface area contributed by atoms with Gasteiger partial charge in [0.2, 0.25) is 0 Å². The Balaban J connectivity index is 2.10. The van der Waals surface area contributed by atoms with Gasteiger partial charge in [-0.05, 0) is 57.9 Å². The summed E-state index contributed by atoms with van der Waals surface area (Å²) in [5, 5.41) is 0. The van der Waals surface area contributed by atoms with E-state index in [0.717, 1.165) is 6.54 Å². The van der Waals surface area contributed by atoms with Crippen LogP contribution in [0.2, 0.25) is 0 Å². The standard InChI is InChI=1S/C14H31N3/c1-14(2,13-15)7-4-5-9-17-10-6-8-16(3)11-12-17/h4-13,15H2,1-3H3. The summed E-state index contributed by atoms with van der Waals surface area (Å²) in [4.78, 5) is 5.07. The summed E-state index contributed by atoms with van der Waals surface area (Å²) in [6, 6.07) is 0. The van der Waals surface area contributed by atoms with Crippen molar-refractivity contribution in [1.29, 1.82) is 0 Å². The maximum absolute atomic E-state index is 5.75. The summed E-state index contributed by atoms with van der Waals surface area (Å²) in [6.07, 6.45) is 5.23. The summed E-state index contributed by atoms with van der Waals surface area (Å²) in [5.41, 5.74) is 6.08. The van der Waals surface area contributed by atoms with Crippen molar-refractivity contribution in [3.8, 4) is 0 Å². The smallest absolute Gasteiger partial charge is 0.0109 e. The maximum atomic E-state index is 5.75. The van der Waals surface area contributed by atoms with Crippen molar-refractivity contribution in [2.75, 3.05) is 46.3 Å². The predicted molar refractivity (Wildman–Crippen MR) is 75.2 cm³/mol. The molecule has 0 aromatic heterocycles. The molecular formula is C14H31N3. The van der Waals surface area contributed by atoms with Gasteiger partial charge >= 0.3 is 0 Å². The van der Waals surface area contributed by atoms with Crippen LogP contribution >= 0.6 is 0 Å². The molecule has 1 heterocycles. The Morgan fingerprint density at radius 2 is 1.82 bits per heavy atom. The van der Waals surface area contributed by atoms with Crippen molar-refractivity contribution in [2.45, 2.75) is 39.5 Å². The molecule has 0 aromatic rings. The van der Waals surface area contributed by atoms with E-state index in [1.54, 1.807) is 0 Å². The summed E-state index contributed by atoms with van der Waals surface area (Å²) >= 11 is 0. The number of rotatable bonds is 6. The lowest BCUT2D eigenvalue weighted by Gasteiger charge is -2.24. The fourth-order valence-electron chi connectivity index (χ4n) is 2.36. The zero-order valence-corrected chi connectivity index (χ0v) is 12.0. The minimum absolute atomic E-state index is 0.332. The van der Waals surface area contributed by atoms with Gasteiger partial charge in [-0.15, -0.1) is 0 Å². The summed E-state index contributed by atoms with van der Waals surface area (Å²) in [5.74, 6) is 0. The molecule has 1 aliphatic heterocycles. The highest BCUT2D eigenvalue weighted by Crippen LogP contribution is 2.21. The van der Waals surface area contributed by atoms with Crippen LogP contribution in [0.15, 0.2) is 0 Å². The molecule has 0 saturated carbocycles. The number of hydrogen-bond donors (Lipinski definition) is 1. The predicted octanol–water partition coefficient (Wildman–Crippen LogP) is 1.78. The fourth-order valence-corrected chi connectivity index (χ4v) is 2.36. The average molecular weight is 241 g/mol. The first-order valence-electron chi connectivity index (χ1n) is 7.14. The molecule has 2 N–H and O–H groups in total. The number of nitrogens with zero attached hydrogens (tertiary/aromatic N) is 2. The molecule has 1 fully saturated rings. The zero-order valence-electron chi connectivity index (χ0n) is 12.0. The molecule has 1 saturated heterocycles. The molecule has 0 radical (unpaired) electrons. The number of nitrogens with two attached hydrogens (primary N) is 1. The summed E-state index contributed by atoms with van der Waals surface area (Å²) < 4.78 is 0. The van der Waals surface area contributed by atoms with Gasteiger partial charge in [0.1, 0.15) is 0 Å². The van der Waals surface area contributed by atoms with Crippen molar-refractivity contribution in [1.82, 2.24) is 9.80 Å². The van der Waals surface area contributed by atoms with Gasteiger partial charge in [-0.3, -0.25) is 0 Å². The Morgan fingerprint density at radius 1 is 1.06 bits per heavy atom. The summed E-state index contributed by atoms with van der Waals surface area (Å²) in [7, 11) is 2.23. The Morgan fingerprint density at radius 3 is 2.53 bits per heavy atom. The lowest BCUT2D eigenvalue weighted by atomic mass is 9.87. The lowest BCUT2D eigenvalue weighted by molar-refractivity contribution is 0.259. The van der Waals surface area contributed by atoms with Gasteiger partial charge in [0.25, 0.3) is 0 Å².